The fourth-order valence-corrected chi connectivity index (χ4v) is 2.73. The van der Waals surface area contributed by atoms with Crippen molar-refractivity contribution in [2.24, 2.45) is 0 Å². The van der Waals surface area contributed by atoms with Crippen molar-refractivity contribution in [2.75, 3.05) is 0 Å². The molecule has 1 aliphatic rings. The summed E-state index contributed by atoms with van der Waals surface area (Å²) < 4.78 is 0. The van der Waals surface area contributed by atoms with Gasteiger partial charge in [-0.15, -0.1) is 0 Å². The van der Waals surface area contributed by atoms with Gasteiger partial charge in [0.05, 0.1) is 6.10 Å². The minimum Gasteiger partial charge on any atom is -0.393 e. The van der Waals surface area contributed by atoms with Crippen LogP contribution in [0.5, 0.6) is 0 Å². The Morgan fingerprint density at radius 1 is 1.11 bits per heavy atom. The average molecular weight is 247 g/mol. The van der Waals surface area contributed by atoms with E-state index in [2.05, 4.69) is 44.3 Å². The Hall–Kier alpha value is -0.860. The van der Waals surface area contributed by atoms with Gasteiger partial charge >= 0.3 is 0 Å². The summed E-state index contributed by atoms with van der Waals surface area (Å²) in [6.07, 6.45) is 4.00. The maximum atomic E-state index is 9.52. The van der Waals surface area contributed by atoms with E-state index < -0.39 is 0 Å². The lowest BCUT2D eigenvalue weighted by molar-refractivity contribution is 0.114. The van der Waals surface area contributed by atoms with Crippen LogP contribution in [0.15, 0.2) is 18.2 Å². The van der Waals surface area contributed by atoms with Crippen LogP contribution in [0.4, 0.5) is 0 Å². The van der Waals surface area contributed by atoms with Gasteiger partial charge in [-0.05, 0) is 63.1 Å². The smallest absolute Gasteiger partial charge is 0.0541 e. The second kappa shape index (κ2) is 5.85. The number of hydrogen-bond donors (Lipinski definition) is 2. The third-order valence-electron chi connectivity index (χ3n) is 4.21. The van der Waals surface area contributed by atoms with Crippen LogP contribution in [-0.4, -0.2) is 17.3 Å². The van der Waals surface area contributed by atoms with Gasteiger partial charge in [-0.3, -0.25) is 0 Å². The Kier molecular flexibility index (Phi) is 4.41. The minimum absolute atomic E-state index is 0.0695. The van der Waals surface area contributed by atoms with E-state index in [0.29, 0.717) is 12.1 Å². The van der Waals surface area contributed by atoms with Crippen molar-refractivity contribution in [3.8, 4) is 0 Å². The number of benzene rings is 1. The van der Waals surface area contributed by atoms with E-state index in [1.165, 1.54) is 16.7 Å². The van der Waals surface area contributed by atoms with Crippen molar-refractivity contribution in [3.63, 3.8) is 0 Å². The maximum Gasteiger partial charge on any atom is 0.0541 e. The largest absolute Gasteiger partial charge is 0.393 e. The molecule has 2 N–H and O–H groups in total. The molecule has 1 fully saturated rings. The monoisotopic (exact) mass is 247 g/mol. The second-order valence-corrected chi connectivity index (χ2v) is 5.74. The number of aliphatic hydroxyl groups is 1. The molecule has 100 valence electrons. The summed E-state index contributed by atoms with van der Waals surface area (Å²) in [5.74, 6) is 0. The first-order valence-corrected chi connectivity index (χ1v) is 7.07. The fourth-order valence-electron chi connectivity index (χ4n) is 2.73. The van der Waals surface area contributed by atoms with Crippen molar-refractivity contribution < 1.29 is 5.11 Å². The van der Waals surface area contributed by atoms with Gasteiger partial charge < -0.3 is 10.4 Å². The predicted molar refractivity (Wildman–Crippen MR) is 75.7 cm³/mol. The van der Waals surface area contributed by atoms with E-state index in [1.54, 1.807) is 0 Å². The first-order valence-electron chi connectivity index (χ1n) is 7.07. The van der Waals surface area contributed by atoms with Crippen LogP contribution in [-0.2, 0) is 0 Å². The lowest BCUT2D eigenvalue weighted by Gasteiger charge is -2.29. The van der Waals surface area contributed by atoms with Gasteiger partial charge in [0.15, 0.2) is 0 Å². The predicted octanol–water partition coefficient (Wildman–Crippen LogP) is 3.26. The summed E-state index contributed by atoms with van der Waals surface area (Å²) in [7, 11) is 0. The molecule has 0 spiro atoms. The zero-order valence-electron chi connectivity index (χ0n) is 11.7. The van der Waals surface area contributed by atoms with Crippen LogP contribution in [0.3, 0.4) is 0 Å². The quantitative estimate of drug-likeness (QED) is 0.859. The van der Waals surface area contributed by atoms with Gasteiger partial charge in [-0.2, -0.15) is 0 Å². The highest BCUT2D eigenvalue weighted by Crippen LogP contribution is 2.23. The summed E-state index contributed by atoms with van der Waals surface area (Å²) in [6.45, 7) is 6.55. The summed E-state index contributed by atoms with van der Waals surface area (Å²) in [5, 5.41) is 13.2. The normalized spacial score (nSPS) is 26.0. The van der Waals surface area contributed by atoms with Crippen LogP contribution in [0.25, 0.3) is 0 Å². The SMILES string of the molecule is Cc1ccc(C(C)NC2CCC(O)CC2)cc1C. The fraction of sp³-hybridized carbons (Fsp3) is 0.625. The molecule has 0 aliphatic heterocycles. The number of hydrogen-bond acceptors (Lipinski definition) is 2. The molecule has 18 heavy (non-hydrogen) atoms. The minimum atomic E-state index is -0.0695. The topological polar surface area (TPSA) is 32.3 Å². The zero-order valence-corrected chi connectivity index (χ0v) is 11.7. The van der Waals surface area contributed by atoms with Crippen LogP contribution >= 0.6 is 0 Å². The van der Waals surface area contributed by atoms with E-state index in [1.807, 2.05) is 0 Å². The molecule has 1 saturated carbocycles. The third-order valence-corrected chi connectivity index (χ3v) is 4.21. The molecule has 1 atom stereocenters. The molecule has 0 heterocycles. The number of nitrogens with one attached hydrogen (secondary N) is 1. The standard InChI is InChI=1S/C16H25NO/c1-11-4-5-14(10-12(11)2)13(3)17-15-6-8-16(18)9-7-15/h4-5,10,13,15-18H,6-9H2,1-3H3. The Morgan fingerprint density at radius 3 is 2.39 bits per heavy atom. The van der Waals surface area contributed by atoms with E-state index >= 15 is 0 Å². The summed E-state index contributed by atoms with van der Waals surface area (Å²) in [5.41, 5.74) is 4.08. The van der Waals surface area contributed by atoms with Gasteiger partial charge in [-0.25, -0.2) is 0 Å². The zero-order chi connectivity index (χ0) is 13.1. The van der Waals surface area contributed by atoms with Crippen LogP contribution in [0.2, 0.25) is 0 Å². The Morgan fingerprint density at radius 2 is 1.78 bits per heavy atom. The van der Waals surface area contributed by atoms with E-state index in [0.717, 1.165) is 25.7 Å². The highest BCUT2D eigenvalue weighted by atomic mass is 16.3. The van der Waals surface area contributed by atoms with Crippen molar-refractivity contribution in [3.05, 3.63) is 34.9 Å². The molecule has 1 unspecified atom stereocenters. The molecule has 0 bridgehead atoms. The van der Waals surface area contributed by atoms with Gasteiger partial charge in [-0.1, -0.05) is 18.2 Å². The Labute approximate surface area is 110 Å². The number of aliphatic hydroxyl groups excluding tert-OH is 1. The molecule has 0 aromatic heterocycles. The molecule has 1 aromatic carbocycles. The maximum absolute atomic E-state index is 9.52. The van der Waals surface area contributed by atoms with Crippen molar-refractivity contribution in [1.29, 1.82) is 0 Å². The highest BCUT2D eigenvalue weighted by Gasteiger charge is 2.20. The van der Waals surface area contributed by atoms with Gasteiger partial charge in [0.1, 0.15) is 0 Å². The molecular weight excluding hydrogens is 222 g/mol. The van der Waals surface area contributed by atoms with E-state index in [-0.39, 0.29) is 6.10 Å². The van der Waals surface area contributed by atoms with E-state index in [4.69, 9.17) is 0 Å². The number of aryl methyl sites for hydroxylation is 2. The average Bonchev–Trinajstić information content (AvgIpc) is 2.35. The lowest BCUT2D eigenvalue weighted by Crippen LogP contribution is -2.36. The highest BCUT2D eigenvalue weighted by molar-refractivity contribution is 5.31. The lowest BCUT2D eigenvalue weighted by atomic mass is 9.92. The van der Waals surface area contributed by atoms with Crippen LogP contribution in [0.1, 0.15) is 55.3 Å². The molecule has 2 heteroatoms. The Bertz CT molecular complexity index is 394. The first-order chi connectivity index (χ1) is 8.56. The molecule has 1 aromatic rings. The second-order valence-electron chi connectivity index (χ2n) is 5.74. The molecule has 0 saturated heterocycles. The molecule has 0 radical (unpaired) electrons. The van der Waals surface area contributed by atoms with Crippen molar-refractivity contribution >= 4 is 0 Å². The van der Waals surface area contributed by atoms with E-state index in [9.17, 15) is 5.11 Å². The first kappa shape index (κ1) is 13.6. The molecule has 1 aliphatic carbocycles. The van der Waals surface area contributed by atoms with Crippen LogP contribution in [0, 0.1) is 13.8 Å². The van der Waals surface area contributed by atoms with Crippen molar-refractivity contribution in [2.45, 2.75) is 64.6 Å². The van der Waals surface area contributed by atoms with Crippen LogP contribution < -0.4 is 5.32 Å². The van der Waals surface area contributed by atoms with Crippen molar-refractivity contribution in [1.82, 2.24) is 5.32 Å². The molecule has 2 rings (SSSR count). The molecule has 0 amide bonds. The summed E-state index contributed by atoms with van der Waals surface area (Å²) >= 11 is 0. The summed E-state index contributed by atoms with van der Waals surface area (Å²) in [4.78, 5) is 0. The summed E-state index contributed by atoms with van der Waals surface area (Å²) in [6, 6.07) is 7.66. The molecular formula is C16H25NO. The van der Waals surface area contributed by atoms with Gasteiger partial charge in [0.2, 0.25) is 0 Å². The third kappa shape index (κ3) is 3.33. The number of rotatable bonds is 3. The molecule has 2 nitrogen and oxygen atoms in total. The van der Waals surface area contributed by atoms with Gasteiger partial charge in [0, 0.05) is 12.1 Å². The van der Waals surface area contributed by atoms with Gasteiger partial charge in [0.25, 0.3) is 0 Å². The Balaban J connectivity index is 1.94.